The summed E-state index contributed by atoms with van der Waals surface area (Å²) in [5, 5.41) is 3.68. The SMILES string of the molecule is CCCNC(=S)n1cc(-c2ccc(N)cc2)nc1N. The van der Waals surface area contributed by atoms with Crippen molar-refractivity contribution in [1.29, 1.82) is 0 Å². The lowest BCUT2D eigenvalue weighted by Gasteiger charge is -2.07. The number of nitrogens with one attached hydrogen (secondary N) is 1. The van der Waals surface area contributed by atoms with Crippen molar-refractivity contribution in [2.75, 3.05) is 18.0 Å². The summed E-state index contributed by atoms with van der Waals surface area (Å²) in [7, 11) is 0. The molecule has 0 aliphatic rings. The molecule has 0 bridgehead atoms. The summed E-state index contributed by atoms with van der Waals surface area (Å²) >= 11 is 5.27. The van der Waals surface area contributed by atoms with Gasteiger partial charge in [0.15, 0.2) is 5.11 Å². The summed E-state index contributed by atoms with van der Waals surface area (Å²) in [6.45, 7) is 2.89. The molecule has 5 nitrogen and oxygen atoms in total. The zero-order valence-electron chi connectivity index (χ0n) is 10.8. The van der Waals surface area contributed by atoms with Gasteiger partial charge in [-0.3, -0.25) is 4.57 Å². The Morgan fingerprint density at radius 3 is 2.63 bits per heavy atom. The van der Waals surface area contributed by atoms with Crippen molar-refractivity contribution in [3.8, 4) is 11.3 Å². The van der Waals surface area contributed by atoms with Gasteiger partial charge in [-0.25, -0.2) is 4.98 Å². The lowest BCUT2D eigenvalue weighted by atomic mass is 10.1. The van der Waals surface area contributed by atoms with E-state index >= 15 is 0 Å². The Morgan fingerprint density at radius 1 is 1.32 bits per heavy atom. The second kappa shape index (κ2) is 5.71. The second-order valence-electron chi connectivity index (χ2n) is 4.21. The van der Waals surface area contributed by atoms with Crippen molar-refractivity contribution in [2.45, 2.75) is 13.3 Å². The van der Waals surface area contributed by atoms with Gasteiger partial charge in [0, 0.05) is 24.0 Å². The Labute approximate surface area is 117 Å². The number of hydrogen-bond acceptors (Lipinski definition) is 4. The van der Waals surface area contributed by atoms with Crippen LogP contribution in [0.5, 0.6) is 0 Å². The molecule has 0 fully saturated rings. The average Bonchev–Trinajstić information content (AvgIpc) is 2.79. The maximum absolute atomic E-state index is 5.88. The van der Waals surface area contributed by atoms with Gasteiger partial charge in [0.25, 0.3) is 0 Å². The molecular formula is C13H17N5S. The normalized spacial score (nSPS) is 10.4. The summed E-state index contributed by atoms with van der Waals surface area (Å²) in [5.41, 5.74) is 14.0. The standard InChI is InChI=1S/C13H17N5S/c1-2-7-16-13(19)18-8-11(17-12(18)15)9-3-5-10(14)6-4-9/h3-6,8H,2,7,14H2,1H3,(H2,15,17)(H,16,19). The quantitative estimate of drug-likeness (QED) is 0.588. The third kappa shape index (κ3) is 3.03. The molecule has 100 valence electrons. The maximum atomic E-state index is 5.88. The van der Waals surface area contributed by atoms with Gasteiger partial charge in [-0.05, 0) is 30.8 Å². The highest BCUT2D eigenvalue weighted by Crippen LogP contribution is 2.20. The summed E-state index contributed by atoms with van der Waals surface area (Å²) in [6, 6.07) is 7.48. The van der Waals surface area contributed by atoms with E-state index in [1.807, 2.05) is 30.5 Å². The third-order valence-corrected chi connectivity index (χ3v) is 3.03. The molecule has 0 radical (unpaired) electrons. The number of thiocarbonyl (C=S) groups is 1. The second-order valence-corrected chi connectivity index (χ2v) is 4.59. The Morgan fingerprint density at radius 2 is 2.00 bits per heavy atom. The molecule has 19 heavy (non-hydrogen) atoms. The Bertz CT molecular complexity index is 573. The van der Waals surface area contributed by atoms with Crippen LogP contribution in [0.2, 0.25) is 0 Å². The first-order valence-corrected chi connectivity index (χ1v) is 6.51. The number of nitrogen functional groups attached to an aromatic ring is 2. The fraction of sp³-hybridized carbons (Fsp3) is 0.231. The van der Waals surface area contributed by atoms with Crippen LogP contribution in [-0.2, 0) is 0 Å². The van der Waals surface area contributed by atoms with Crippen molar-refractivity contribution < 1.29 is 0 Å². The van der Waals surface area contributed by atoms with Gasteiger partial charge >= 0.3 is 0 Å². The average molecular weight is 275 g/mol. The first-order chi connectivity index (χ1) is 9.11. The number of hydrogen-bond donors (Lipinski definition) is 3. The molecule has 0 aliphatic carbocycles. The van der Waals surface area contributed by atoms with Gasteiger partial charge in [-0.15, -0.1) is 0 Å². The van der Waals surface area contributed by atoms with Crippen LogP contribution in [0.4, 0.5) is 11.6 Å². The fourth-order valence-electron chi connectivity index (χ4n) is 1.67. The van der Waals surface area contributed by atoms with Gasteiger partial charge in [0.05, 0.1) is 5.69 Å². The lowest BCUT2D eigenvalue weighted by molar-refractivity contribution is 0.827. The highest BCUT2D eigenvalue weighted by atomic mass is 32.1. The molecule has 0 atom stereocenters. The van der Waals surface area contributed by atoms with Crippen molar-refractivity contribution in [2.24, 2.45) is 0 Å². The van der Waals surface area contributed by atoms with Crippen LogP contribution in [0.1, 0.15) is 13.3 Å². The molecule has 0 spiro atoms. The first-order valence-electron chi connectivity index (χ1n) is 6.10. The van der Waals surface area contributed by atoms with E-state index in [1.54, 1.807) is 4.57 Å². The van der Waals surface area contributed by atoms with Crippen LogP contribution in [0.15, 0.2) is 30.5 Å². The molecule has 1 aromatic heterocycles. The largest absolute Gasteiger partial charge is 0.399 e. The number of nitrogens with zero attached hydrogens (tertiary/aromatic N) is 2. The van der Waals surface area contributed by atoms with Crippen molar-refractivity contribution in [1.82, 2.24) is 14.9 Å². The topological polar surface area (TPSA) is 81.9 Å². The Hall–Kier alpha value is -2.08. The zero-order chi connectivity index (χ0) is 13.8. The van der Waals surface area contributed by atoms with Crippen LogP contribution in [0.3, 0.4) is 0 Å². The third-order valence-electron chi connectivity index (χ3n) is 2.68. The molecule has 0 aliphatic heterocycles. The molecular weight excluding hydrogens is 258 g/mol. The maximum Gasteiger partial charge on any atom is 0.207 e. The number of aromatic nitrogens is 2. The van der Waals surface area contributed by atoms with E-state index in [0.29, 0.717) is 11.1 Å². The monoisotopic (exact) mass is 275 g/mol. The van der Waals surface area contributed by atoms with E-state index in [0.717, 1.165) is 29.9 Å². The molecule has 6 heteroatoms. The smallest absolute Gasteiger partial charge is 0.207 e. The zero-order valence-corrected chi connectivity index (χ0v) is 11.6. The number of nitrogens with two attached hydrogens (primary N) is 2. The van der Waals surface area contributed by atoms with Gasteiger partial charge in [-0.2, -0.15) is 0 Å². The van der Waals surface area contributed by atoms with Crippen LogP contribution in [0, 0.1) is 0 Å². The van der Waals surface area contributed by atoms with E-state index in [1.165, 1.54) is 0 Å². The van der Waals surface area contributed by atoms with Gasteiger partial charge < -0.3 is 16.8 Å². The molecule has 0 saturated heterocycles. The highest BCUT2D eigenvalue weighted by Gasteiger charge is 2.09. The summed E-state index contributed by atoms with van der Waals surface area (Å²) < 4.78 is 1.68. The van der Waals surface area contributed by atoms with Crippen LogP contribution in [0.25, 0.3) is 11.3 Å². The molecule has 1 aromatic carbocycles. The number of anilines is 2. The summed E-state index contributed by atoms with van der Waals surface area (Å²) in [6.07, 6.45) is 2.82. The predicted octanol–water partition coefficient (Wildman–Crippen LogP) is 1.85. The number of rotatable bonds is 3. The first kappa shape index (κ1) is 13.4. The van der Waals surface area contributed by atoms with E-state index in [-0.39, 0.29) is 0 Å². The number of benzene rings is 1. The fourth-order valence-corrected chi connectivity index (χ4v) is 1.92. The minimum atomic E-state index is 0.375. The Balaban J connectivity index is 2.25. The predicted molar refractivity (Wildman–Crippen MR) is 82.8 cm³/mol. The van der Waals surface area contributed by atoms with Crippen LogP contribution in [-0.4, -0.2) is 21.2 Å². The van der Waals surface area contributed by atoms with Gasteiger partial charge in [0.2, 0.25) is 5.95 Å². The molecule has 0 saturated carbocycles. The molecule has 0 unspecified atom stereocenters. The Kier molecular flexibility index (Phi) is 4.01. The van der Waals surface area contributed by atoms with Crippen LogP contribution < -0.4 is 16.8 Å². The lowest BCUT2D eigenvalue weighted by Crippen LogP contribution is -2.29. The van der Waals surface area contributed by atoms with E-state index in [4.69, 9.17) is 23.7 Å². The van der Waals surface area contributed by atoms with E-state index in [2.05, 4.69) is 17.2 Å². The van der Waals surface area contributed by atoms with E-state index in [9.17, 15) is 0 Å². The summed E-state index contributed by atoms with van der Waals surface area (Å²) in [4.78, 5) is 4.31. The minimum absolute atomic E-state index is 0.375. The highest BCUT2D eigenvalue weighted by molar-refractivity contribution is 7.80. The van der Waals surface area contributed by atoms with Crippen molar-refractivity contribution in [3.63, 3.8) is 0 Å². The van der Waals surface area contributed by atoms with Crippen LogP contribution >= 0.6 is 12.2 Å². The number of imidazole rings is 1. The van der Waals surface area contributed by atoms with Gasteiger partial charge in [-0.1, -0.05) is 19.1 Å². The molecule has 5 N–H and O–H groups in total. The molecule has 2 aromatic rings. The molecule has 2 rings (SSSR count). The van der Waals surface area contributed by atoms with Crippen molar-refractivity contribution in [3.05, 3.63) is 30.5 Å². The molecule has 0 amide bonds. The minimum Gasteiger partial charge on any atom is -0.399 e. The van der Waals surface area contributed by atoms with Gasteiger partial charge in [0.1, 0.15) is 0 Å². The van der Waals surface area contributed by atoms with Crippen molar-refractivity contribution >= 4 is 29.0 Å². The molecule has 1 heterocycles. The summed E-state index contributed by atoms with van der Waals surface area (Å²) in [5.74, 6) is 0.375. The van der Waals surface area contributed by atoms with E-state index < -0.39 is 0 Å².